The summed E-state index contributed by atoms with van der Waals surface area (Å²) in [5.74, 6) is -4.13. The van der Waals surface area contributed by atoms with Crippen LogP contribution >= 0.6 is 11.8 Å². The van der Waals surface area contributed by atoms with E-state index in [9.17, 15) is 34.2 Å². The number of amides is 3. The molecule has 13 heteroatoms. The number of carboxylic acids is 2. The zero-order valence-corrected chi connectivity index (χ0v) is 24.6. The van der Waals surface area contributed by atoms with Crippen LogP contribution in [0.3, 0.4) is 0 Å². The van der Waals surface area contributed by atoms with Crippen molar-refractivity contribution in [3.63, 3.8) is 0 Å². The SMILES string of the molecule is CSCCC(NC(=O)C(CCC(=O)O)NC(=O)C(Cc1ccccc1)NC(=O)C(N)Cc1c[nH]c2ccccc12)C(=O)O. The van der Waals surface area contributed by atoms with Crippen molar-refractivity contribution >= 4 is 52.3 Å². The van der Waals surface area contributed by atoms with Crippen LogP contribution in [0.5, 0.6) is 0 Å². The largest absolute Gasteiger partial charge is 0.481 e. The highest BCUT2D eigenvalue weighted by Crippen LogP contribution is 2.19. The Morgan fingerprint density at radius 2 is 1.44 bits per heavy atom. The van der Waals surface area contributed by atoms with Crippen molar-refractivity contribution in [1.29, 1.82) is 0 Å². The van der Waals surface area contributed by atoms with E-state index in [4.69, 9.17) is 5.73 Å². The van der Waals surface area contributed by atoms with Crippen molar-refractivity contribution in [2.24, 2.45) is 5.73 Å². The van der Waals surface area contributed by atoms with Crippen LogP contribution in [0.2, 0.25) is 0 Å². The van der Waals surface area contributed by atoms with Gasteiger partial charge in [0.05, 0.1) is 6.04 Å². The molecule has 2 aromatic carbocycles. The second-order valence-corrected chi connectivity index (χ2v) is 11.1. The van der Waals surface area contributed by atoms with Gasteiger partial charge in [0.2, 0.25) is 17.7 Å². The van der Waals surface area contributed by atoms with Crippen LogP contribution in [0.1, 0.15) is 30.4 Å². The first-order valence-corrected chi connectivity index (χ1v) is 15.2. The minimum absolute atomic E-state index is 0.0664. The lowest BCUT2D eigenvalue weighted by atomic mass is 10.0. The number of aromatic nitrogens is 1. The smallest absolute Gasteiger partial charge is 0.326 e. The molecule has 0 bridgehead atoms. The van der Waals surface area contributed by atoms with E-state index in [-0.39, 0.29) is 25.7 Å². The number of carbonyl (C=O) groups excluding carboxylic acids is 3. The topological polar surface area (TPSA) is 204 Å². The van der Waals surface area contributed by atoms with Gasteiger partial charge in [0.1, 0.15) is 18.1 Å². The lowest BCUT2D eigenvalue weighted by molar-refractivity contribution is -0.143. The molecular formula is C30H37N5O7S. The number of rotatable bonds is 17. The number of hydrogen-bond acceptors (Lipinski definition) is 7. The highest BCUT2D eigenvalue weighted by Gasteiger charge is 2.31. The van der Waals surface area contributed by atoms with Crippen LogP contribution in [0.15, 0.2) is 60.8 Å². The molecule has 0 aliphatic carbocycles. The lowest BCUT2D eigenvalue weighted by Gasteiger charge is -2.25. The van der Waals surface area contributed by atoms with Crippen LogP contribution < -0.4 is 21.7 Å². The summed E-state index contributed by atoms with van der Waals surface area (Å²) in [4.78, 5) is 65.9. The molecule has 0 fully saturated rings. The van der Waals surface area contributed by atoms with E-state index in [1.54, 1.807) is 42.8 Å². The summed E-state index contributed by atoms with van der Waals surface area (Å²) in [6.07, 6.45) is 3.25. The van der Waals surface area contributed by atoms with Crippen molar-refractivity contribution in [1.82, 2.24) is 20.9 Å². The summed E-state index contributed by atoms with van der Waals surface area (Å²) < 4.78 is 0. The Morgan fingerprint density at radius 3 is 2.12 bits per heavy atom. The van der Waals surface area contributed by atoms with E-state index in [2.05, 4.69) is 20.9 Å². The molecule has 1 heterocycles. The number of para-hydroxylation sites is 1. The standard InChI is InChI=1S/C30H37N5O7S/c1-43-14-13-24(30(41)42)34-28(39)23(11-12-26(36)37)33-29(40)25(15-18-7-3-2-4-8-18)35-27(38)21(31)16-19-17-32-22-10-6-5-9-20(19)22/h2-10,17,21,23-25,32H,11-16,31H2,1H3,(H,33,40)(H,34,39)(H,35,38)(H,36,37)(H,41,42). The van der Waals surface area contributed by atoms with E-state index in [1.807, 2.05) is 24.3 Å². The first kappa shape index (κ1) is 33.1. The van der Waals surface area contributed by atoms with Crippen molar-refractivity contribution in [3.05, 3.63) is 71.9 Å². The zero-order valence-electron chi connectivity index (χ0n) is 23.7. The lowest BCUT2D eigenvalue weighted by Crippen LogP contribution is -2.57. The van der Waals surface area contributed by atoms with E-state index < -0.39 is 60.2 Å². The summed E-state index contributed by atoms with van der Waals surface area (Å²) in [6, 6.07) is 11.8. The monoisotopic (exact) mass is 611 g/mol. The Bertz CT molecular complexity index is 1410. The van der Waals surface area contributed by atoms with Gasteiger partial charge in [-0.05, 0) is 48.5 Å². The van der Waals surface area contributed by atoms with Gasteiger partial charge in [0, 0.05) is 29.9 Å². The molecule has 12 nitrogen and oxygen atoms in total. The molecule has 3 aromatic rings. The van der Waals surface area contributed by atoms with Gasteiger partial charge in [-0.15, -0.1) is 0 Å². The fourth-order valence-corrected chi connectivity index (χ4v) is 5.01. The molecule has 0 radical (unpaired) electrons. The van der Waals surface area contributed by atoms with Gasteiger partial charge < -0.3 is 36.9 Å². The fourth-order valence-electron chi connectivity index (χ4n) is 4.54. The number of benzene rings is 2. The summed E-state index contributed by atoms with van der Waals surface area (Å²) >= 11 is 1.41. The first-order chi connectivity index (χ1) is 20.6. The molecular weight excluding hydrogens is 574 g/mol. The fraction of sp³-hybridized carbons (Fsp3) is 0.367. The molecule has 0 aliphatic rings. The highest BCUT2D eigenvalue weighted by atomic mass is 32.2. The Balaban J connectivity index is 1.77. The van der Waals surface area contributed by atoms with Crippen molar-refractivity contribution in [2.75, 3.05) is 12.0 Å². The summed E-state index contributed by atoms with van der Waals surface area (Å²) in [6.45, 7) is 0. The second kappa shape index (κ2) is 16.3. The van der Waals surface area contributed by atoms with Crippen molar-refractivity contribution < 1.29 is 34.2 Å². The van der Waals surface area contributed by atoms with Crippen LogP contribution in [0.25, 0.3) is 10.9 Å². The summed E-state index contributed by atoms with van der Waals surface area (Å²) in [7, 11) is 0. The molecule has 43 heavy (non-hydrogen) atoms. The van der Waals surface area contributed by atoms with E-state index in [1.165, 1.54) is 11.8 Å². The van der Waals surface area contributed by atoms with Gasteiger partial charge in [-0.3, -0.25) is 19.2 Å². The average molecular weight is 612 g/mol. The zero-order chi connectivity index (χ0) is 31.4. The van der Waals surface area contributed by atoms with Gasteiger partial charge >= 0.3 is 11.9 Å². The predicted octanol–water partition coefficient (Wildman–Crippen LogP) is 1.44. The molecule has 0 aliphatic heterocycles. The van der Waals surface area contributed by atoms with Gasteiger partial charge in [0.15, 0.2) is 0 Å². The molecule has 0 saturated carbocycles. The minimum Gasteiger partial charge on any atom is -0.481 e. The molecule has 3 rings (SSSR count). The van der Waals surface area contributed by atoms with Gasteiger partial charge in [0.25, 0.3) is 0 Å². The normalized spacial score (nSPS) is 13.8. The van der Waals surface area contributed by atoms with Gasteiger partial charge in [-0.25, -0.2) is 4.79 Å². The Labute approximate surface area is 253 Å². The molecule has 8 N–H and O–H groups in total. The molecule has 230 valence electrons. The molecule has 4 unspecified atom stereocenters. The third-order valence-corrected chi connectivity index (χ3v) is 7.52. The average Bonchev–Trinajstić information content (AvgIpc) is 3.39. The number of carbonyl (C=O) groups is 5. The molecule has 0 saturated heterocycles. The summed E-state index contributed by atoms with van der Waals surface area (Å²) in [5.41, 5.74) is 8.71. The predicted molar refractivity (Wildman–Crippen MR) is 163 cm³/mol. The first-order valence-electron chi connectivity index (χ1n) is 13.8. The van der Waals surface area contributed by atoms with Crippen LogP contribution in [-0.4, -0.2) is 81.0 Å². The second-order valence-electron chi connectivity index (χ2n) is 10.1. The Kier molecular flexibility index (Phi) is 12.6. The highest BCUT2D eigenvalue weighted by molar-refractivity contribution is 7.98. The van der Waals surface area contributed by atoms with Gasteiger partial charge in [-0.1, -0.05) is 48.5 Å². The van der Waals surface area contributed by atoms with E-state index >= 15 is 0 Å². The maximum absolute atomic E-state index is 13.5. The summed E-state index contributed by atoms with van der Waals surface area (Å²) in [5, 5.41) is 27.3. The number of hydrogen-bond donors (Lipinski definition) is 7. The molecule has 3 amide bonds. The third-order valence-electron chi connectivity index (χ3n) is 6.87. The Hall–Kier alpha value is -4.36. The number of fused-ring (bicyclic) bond motifs is 1. The molecule has 4 atom stereocenters. The number of aliphatic carboxylic acids is 2. The number of carboxylic acid groups (broad SMARTS) is 2. The van der Waals surface area contributed by atoms with E-state index in [0.717, 1.165) is 22.0 Å². The number of nitrogens with two attached hydrogens (primary N) is 1. The van der Waals surface area contributed by atoms with Gasteiger partial charge in [-0.2, -0.15) is 11.8 Å². The third kappa shape index (κ3) is 10.1. The quantitative estimate of drug-likeness (QED) is 0.118. The van der Waals surface area contributed by atoms with Crippen LogP contribution in [0.4, 0.5) is 0 Å². The van der Waals surface area contributed by atoms with Crippen LogP contribution in [-0.2, 0) is 36.8 Å². The number of H-pyrrole nitrogens is 1. The number of thioether (sulfide) groups is 1. The van der Waals surface area contributed by atoms with E-state index in [0.29, 0.717) is 5.75 Å². The number of nitrogens with one attached hydrogen (secondary N) is 4. The van der Waals surface area contributed by atoms with Crippen molar-refractivity contribution in [3.8, 4) is 0 Å². The van der Waals surface area contributed by atoms with Crippen molar-refractivity contribution in [2.45, 2.75) is 56.3 Å². The molecule has 1 aromatic heterocycles. The Morgan fingerprint density at radius 1 is 0.814 bits per heavy atom. The maximum Gasteiger partial charge on any atom is 0.326 e. The molecule has 0 spiro atoms. The maximum atomic E-state index is 13.5. The minimum atomic E-state index is -1.35. The van der Waals surface area contributed by atoms with Crippen LogP contribution in [0, 0.1) is 0 Å². The number of aromatic amines is 1.